The first-order chi connectivity index (χ1) is 13.2. The van der Waals surface area contributed by atoms with Crippen molar-refractivity contribution in [1.29, 1.82) is 0 Å². The number of hydrogen-bond donors (Lipinski definition) is 3. The minimum atomic E-state index is -0.467. The molecule has 0 amide bonds. The first-order valence-electron chi connectivity index (χ1n) is 10.4. The van der Waals surface area contributed by atoms with E-state index in [1.165, 1.54) is 11.1 Å². The Morgan fingerprint density at radius 2 is 1.54 bits per heavy atom. The van der Waals surface area contributed by atoms with Crippen LogP contribution >= 0.6 is 0 Å². The lowest BCUT2D eigenvalue weighted by atomic mass is 9.79. The summed E-state index contributed by atoms with van der Waals surface area (Å²) in [5.74, 6) is 0.799. The molecule has 0 radical (unpaired) electrons. The normalized spacial score (nSPS) is 19.9. The third kappa shape index (κ3) is 6.06. The molecule has 1 heterocycles. The molecule has 1 fully saturated rings. The van der Waals surface area contributed by atoms with Gasteiger partial charge in [-0.2, -0.15) is 0 Å². The van der Waals surface area contributed by atoms with Crippen LogP contribution in [-0.2, 0) is 0 Å². The fourth-order valence-corrected chi connectivity index (χ4v) is 4.75. The zero-order valence-corrected chi connectivity index (χ0v) is 17.7. The Balaban J connectivity index is 1.45. The van der Waals surface area contributed by atoms with Crippen LogP contribution < -0.4 is 15.4 Å². The Kier molecular flexibility index (Phi) is 6.43. The number of hydrogen-bond acceptors (Lipinski definition) is 2. The molecule has 28 heavy (non-hydrogen) atoms. The van der Waals surface area contributed by atoms with E-state index in [0.29, 0.717) is 19.2 Å². The monoisotopic (exact) mass is 384 g/mol. The molecular formula is C24H36N2O2+2. The van der Waals surface area contributed by atoms with Gasteiger partial charge in [0.25, 0.3) is 0 Å². The number of benzene rings is 2. The highest BCUT2D eigenvalue weighted by molar-refractivity contribution is 5.63. The topological polar surface area (TPSA) is 62.7 Å². The summed E-state index contributed by atoms with van der Waals surface area (Å²) in [6.07, 6.45) is 1.85. The molecule has 0 saturated carbocycles. The molecule has 0 unspecified atom stereocenters. The summed E-state index contributed by atoms with van der Waals surface area (Å²) in [6.45, 7) is 10.3. The first kappa shape index (κ1) is 20.8. The summed E-state index contributed by atoms with van der Waals surface area (Å²) in [5, 5.41) is 15.2. The lowest BCUT2D eigenvalue weighted by Gasteiger charge is -2.41. The highest BCUT2D eigenvalue weighted by atomic mass is 16.5. The lowest BCUT2D eigenvalue weighted by molar-refractivity contribution is -0.814. The molecule has 0 bridgehead atoms. The van der Waals surface area contributed by atoms with Crippen molar-refractivity contribution in [2.24, 2.45) is 0 Å². The molecule has 152 valence electrons. The summed E-state index contributed by atoms with van der Waals surface area (Å²) < 4.78 is 5.80. The quantitative estimate of drug-likeness (QED) is 0.683. The molecule has 0 spiro atoms. The van der Waals surface area contributed by atoms with Crippen molar-refractivity contribution in [2.45, 2.75) is 63.8 Å². The number of aliphatic hydroxyl groups is 1. The van der Waals surface area contributed by atoms with Crippen molar-refractivity contribution in [3.8, 4) is 16.9 Å². The maximum absolute atomic E-state index is 10.4. The Bertz CT molecular complexity index is 725. The number of rotatable bonds is 7. The Morgan fingerprint density at radius 1 is 0.964 bits per heavy atom. The molecule has 1 aliphatic rings. The largest absolute Gasteiger partial charge is 0.491 e. The van der Waals surface area contributed by atoms with Gasteiger partial charge in [0.2, 0.25) is 0 Å². The summed E-state index contributed by atoms with van der Waals surface area (Å²) in [5.41, 5.74) is 2.87. The van der Waals surface area contributed by atoms with Crippen molar-refractivity contribution in [3.05, 3.63) is 54.6 Å². The molecule has 3 rings (SSSR count). The van der Waals surface area contributed by atoms with Gasteiger partial charge in [-0.15, -0.1) is 0 Å². The van der Waals surface area contributed by atoms with Gasteiger partial charge in [-0.3, -0.25) is 0 Å². The van der Waals surface area contributed by atoms with Crippen LogP contribution in [0.25, 0.3) is 11.1 Å². The van der Waals surface area contributed by atoms with Crippen molar-refractivity contribution in [2.75, 3.05) is 13.2 Å². The van der Waals surface area contributed by atoms with E-state index in [1.54, 1.807) is 0 Å². The Labute approximate surface area is 169 Å². The van der Waals surface area contributed by atoms with E-state index < -0.39 is 6.10 Å². The molecule has 2 aromatic rings. The van der Waals surface area contributed by atoms with E-state index in [-0.39, 0.29) is 11.1 Å². The zero-order chi connectivity index (χ0) is 20.2. The number of piperidine rings is 1. The minimum absolute atomic E-state index is 0.255. The second kappa shape index (κ2) is 8.64. The predicted molar refractivity (Wildman–Crippen MR) is 113 cm³/mol. The van der Waals surface area contributed by atoms with Gasteiger partial charge in [0.1, 0.15) is 25.0 Å². The molecule has 4 nitrogen and oxygen atoms in total. The minimum Gasteiger partial charge on any atom is -0.491 e. The average molecular weight is 385 g/mol. The smallest absolute Gasteiger partial charge is 0.137 e. The number of quaternary nitrogens is 2. The molecule has 2 aromatic carbocycles. The molecule has 0 aromatic heterocycles. The van der Waals surface area contributed by atoms with E-state index >= 15 is 0 Å². The van der Waals surface area contributed by atoms with Gasteiger partial charge >= 0.3 is 0 Å². The maximum Gasteiger partial charge on any atom is 0.137 e. The van der Waals surface area contributed by atoms with Crippen molar-refractivity contribution in [3.63, 3.8) is 0 Å². The van der Waals surface area contributed by atoms with Gasteiger partial charge in [0, 0.05) is 0 Å². The standard InChI is InChI=1S/C24H34N2O2/c1-23(2)14-20(15-24(3,4)26-23)25-16-21(27)17-28-22-12-10-19(11-13-22)18-8-6-5-7-9-18/h5-13,20-21,25-27H,14-17H2,1-4H3/p+2/t21-/m0/s1. The molecule has 1 saturated heterocycles. The molecule has 1 atom stereocenters. The lowest BCUT2D eigenvalue weighted by Crippen LogP contribution is -3.09. The van der Waals surface area contributed by atoms with Crippen molar-refractivity contribution in [1.82, 2.24) is 0 Å². The number of aliphatic hydroxyl groups excluding tert-OH is 1. The van der Waals surface area contributed by atoms with E-state index in [2.05, 4.69) is 62.6 Å². The number of ether oxygens (including phenoxy) is 1. The second-order valence-corrected chi connectivity index (χ2v) is 9.62. The van der Waals surface area contributed by atoms with Crippen LogP contribution in [0.15, 0.2) is 54.6 Å². The van der Waals surface area contributed by atoms with Crippen LogP contribution in [0.4, 0.5) is 0 Å². The van der Waals surface area contributed by atoms with Crippen molar-refractivity contribution < 1.29 is 20.5 Å². The zero-order valence-electron chi connectivity index (χ0n) is 17.7. The fraction of sp³-hybridized carbons (Fsp3) is 0.500. The summed E-state index contributed by atoms with van der Waals surface area (Å²) in [4.78, 5) is 0. The van der Waals surface area contributed by atoms with Gasteiger partial charge < -0.3 is 20.5 Å². The van der Waals surface area contributed by atoms with Gasteiger partial charge in [0.15, 0.2) is 0 Å². The summed E-state index contributed by atoms with van der Waals surface area (Å²) >= 11 is 0. The second-order valence-electron chi connectivity index (χ2n) is 9.62. The molecule has 0 aliphatic carbocycles. The van der Waals surface area contributed by atoms with Gasteiger partial charge in [-0.1, -0.05) is 42.5 Å². The highest BCUT2D eigenvalue weighted by Crippen LogP contribution is 2.22. The van der Waals surface area contributed by atoms with Crippen LogP contribution in [0.2, 0.25) is 0 Å². The Hall–Kier alpha value is -1.88. The molecular weight excluding hydrogens is 348 g/mol. The SMILES string of the molecule is CC1(C)CC([NH2+]C[C@H](O)COc2ccc(-c3ccccc3)cc2)CC(C)(C)[NH2+]1. The van der Waals surface area contributed by atoms with Crippen LogP contribution in [0.3, 0.4) is 0 Å². The van der Waals surface area contributed by atoms with E-state index in [4.69, 9.17) is 4.74 Å². The average Bonchev–Trinajstić information content (AvgIpc) is 2.63. The van der Waals surface area contributed by atoms with E-state index in [9.17, 15) is 5.11 Å². The summed E-state index contributed by atoms with van der Waals surface area (Å²) in [6, 6.07) is 18.9. The van der Waals surface area contributed by atoms with Crippen LogP contribution in [0, 0.1) is 0 Å². The first-order valence-corrected chi connectivity index (χ1v) is 10.4. The molecule has 5 N–H and O–H groups in total. The van der Waals surface area contributed by atoms with Crippen LogP contribution in [-0.4, -0.2) is 41.5 Å². The molecule has 1 aliphatic heterocycles. The van der Waals surface area contributed by atoms with Crippen molar-refractivity contribution >= 4 is 0 Å². The third-order valence-electron chi connectivity index (χ3n) is 5.50. The Morgan fingerprint density at radius 3 is 2.14 bits per heavy atom. The van der Waals surface area contributed by atoms with Gasteiger partial charge in [-0.05, 0) is 51.0 Å². The summed E-state index contributed by atoms with van der Waals surface area (Å²) in [7, 11) is 0. The third-order valence-corrected chi connectivity index (χ3v) is 5.50. The van der Waals surface area contributed by atoms with E-state index in [0.717, 1.165) is 18.6 Å². The van der Waals surface area contributed by atoms with Gasteiger partial charge in [-0.25, -0.2) is 0 Å². The molecule has 4 heteroatoms. The predicted octanol–water partition coefficient (Wildman–Crippen LogP) is 1.94. The van der Waals surface area contributed by atoms with Crippen LogP contribution in [0.1, 0.15) is 40.5 Å². The number of nitrogens with two attached hydrogens (primary N) is 2. The van der Waals surface area contributed by atoms with Crippen LogP contribution in [0.5, 0.6) is 5.75 Å². The fourth-order valence-electron chi connectivity index (χ4n) is 4.75. The maximum atomic E-state index is 10.4. The van der Waals surface area contributed by atoms with E-state index in [1.807, 2.05) is 30.3 Å². The van der Waals surface area contributed by atoms with Gasteiger partial charge in [0.05, 0.1) is 30.0 Å². The highest BCUT2D eigenvalue weighted by Gasteiger charge is 2.43.